The van der Waals surface area contributed by atoms with Crippen LogP contribution in [-0.2, 0) is 24.2 Å². The van der Waals surface area contributed by atoms with Crippen LogP contribution in [0.5, 0.6) is 0 Å². The molecule has 0 aliphatic heterocycles. The zero-order chi connectivity index (χ0) is 31.5. The van der Waals surface area contributed by atoms with Crippen molar-refractivity contribution in [1.82, 2.24) is 0 Å². The molecule has 0 spiro atoms. The number of fused-ring (bicyclic) bond motifs is 12. The van der Waals surface area contributed by atoms with Gasteiger partial charge in [0.25, 0.3) is 0 Å². The first-order valence-electron chi connectivity index (χ1n) is 14.8. The number of benzene rings is 6. The summed E-state index contributed by atoms with van der Waals surface area (Å²) in [4.78, 5) is 0. The number of hydrogen-bond donors (Lipinski definition) is 0. The van der Waals surface area contributed by atoms with E-state index < -0.39 is 0 Å². The Bertz CT molecular complexity index is 1820. The van der Waals surface area contributed by atoms with Crippen LogP contribution in [0.2, 0.25) is 0 Å². The first-order chi connectivity index (χ1) is 21.5. The number of hydrogen-bond acceptors (Lipinski definition) is 0. The first kappa shape index (κ1) is 33.2. The maximum absolute atomic E-state index is 3.50. The topological polar surface area (TPSA) is 28.2 Å². The van der Waals surface area contributed by atoms with Gasteiger partial charge in [-0.3, -0.25) is 0 Å². The molecule has 8 aromatic rings. The summed E-state index contributed by atoms with van der Waals surface area (Å²) in [5.41, 5.74) is 0. The zero-order valence-electron chi connectivity index (χ0n) is 26.6. The van der Waals surface area contributed by atoms with Gasteiger partial charge in [0, 0.05) is 0 Å². The van der Waals surface area contributed by atoms with Gasteiger partial charge in [-0.2, -0.15) is 52.5 Å². The van der Waals surface area contributed by atoms with Gasteiger partial charge in [0.15, 0.2) is 0 Å². The summed E-state index contributed by atoms with van der Waals surface area (Å²) in [6.45, 7) is 4.25. The van der Waals surface area contributed by atoms with Gasteiger partial charge in [0.1, 0.15) is 0 Å². The molecule has 0 aromatic heterocycles. The van der Waals surface area contributed by atoms with Crippen LogP contribution in [0.25, 0.3) is 75.3 Å². The van der Waals surface area contributed by atoms with Crippen LogP contribution in [0, 0.1) is 0 Å². The molecule has 0 saturated carbocycles. The minimum absolute atomic E-state index is 1.35. The molecule has 0 fully saturated rings. The van der Waals surface area contributed by atoms with E-state index in [1.54, 1.807) is 52.4 Å². The van der Waals surface area contributed by atoms with Crippen molar-refractivity contribution in [3.63, 3.8) is 0 Å². The summed E-state index contributed by atoms with van der Waals surface area (Å²) in [6.07, 6.45) is 0. The maximum atomic E-state index is 3.50. The molecule has 3 heteroatoms. The molecule has 8 aromatic carbocycles. The van der Waals surface area contributed by atoms with E-state index in [2.05, 4.69) is 158 Å². The molecule has 0 amide bonds. The number of nitrogens with zero attached hydrogens (tertiary/aromatic N) is 2. The minimum atomic E-state index is 1.35. The molecular formula is C41H40N2Zr-2. The fourth-order valence-electron chi connectivity index (χ4n) is 5.59. The van der Waals surface area contributed by atoms with Gasteiger partial charge in [-0.05, 0) is 10.8 Å². The van der Waals surface area contributed by atoms with Crippen molar-refractivity contribution in [2.45, 2.75) is 13.8 Å². The molecule has 0 aliphatic rings. The van der Waals surface area contributed by atoms with E-state index in [4.69, 9.17) is 0 Å². The zero-order valence-corrected chi connectivity index (χ0v) is 29.1. The Morgan fingerprint density at radius 2 is 0.591 bits per heavy atom. The first-order valence-corrected chi connectivity index (χ1v) is 16.1. The number of rotatable bonds is 0. The van der Waals surface area contributed by atoms with E-state index in [9.17, 15) is 0 Å². The molecule has 0 radical (unpaired) electrons. The van der Waals surface area contributed by atoms with Gasteiger partial charge in [0.2, 0.25) is 0 Å². The second kappa shape index (κ2) is 16.4. The van der Waals surface area contributed by atoms with Gasteiger partial charge in [-0.15, -0.1) is 33.7 Å². The van der Waals surface area contributed by atoms with Gasteiger partial charge in [-0.25, -0.2) is 0 Å². The molecule has 44 heavy (non-hydrogen) atoms. The average molecular weight is 652 g/mol. The molecule has 0 bridgehead atoms. The quantitative estimate of drug-likeness (QED) is 0.115. The van der Waals surface area contributed by atoms with Crippen LogP contribution in [-0.4, -0.2) is 31.4 Å². The normalized spacial score (nSPS) is 10.4. The predicted molar refractivity (Wildman–Crippen MR) is 196 cm³/mol. The molecule has 0 unspecified atom stereocenters. The molecule has 0 saturated heterocycles. The third-order valence-corrected chi connectivity index (χ3v) is 7.08. The van der Waals surface area contributed by atoms with E-state index in [1.807, 2.05) is 0 Å². The fourth-order valence-corrected chi connectivity index (χ4v) is 5.59. The molecule has 0 heterocycles. The smallest absolute Gasteiger partial charge is 0.0293 e. The van der Waals surface area contributed by atoms with Gasteiger partial charge < -0.3 is 10.6 Å². The van der Waals surface area contributed by atoms with Crippen molar-refractivity contribution < 1.29 is 24.2 Å². The molecule has 220 valence electrons. The Morgan fingerprint density at radius 1 is 0.409 bits per heavy atom. The summed E-state index contributed by atoms with van der Waals surface area (Å²) in [5, 5.41) is 23.2. The van der Waals surface area contributed by atoms with Crippen LogP contribution in [0.15, 0.2) is 133 Å². The largest absolute Gasteiger partial charge is 0.668 e. The van der Waals surface area contributed by atoms with Crippen molar-refractivity contribution in [3.05, 3.63) is 144 Å². The predicted octanol–water partition coefficient (Wildman–Crippen LogP) is 11.7. The van der Waals surface area contributed by atoms with Crippen molar-refractivity contribution in [1.29, 1.82) is 0 Å². The second-order valence-corrected chi connectivity index (χ2v) is 13.2. The summed E-state index contributed by atoms with van der Waals surface area (Å²) >= 11 is 1.55. The van der Waals surface area contributed by atoms with Gasteiger partial charge in [-0.1, -0.05) is 129 Å². The van der Waals surface area contributed by atoms with E-state index in [1.165, 1.54) is 67.8 Å². The summed E-state index contributed by atoms with van der Waals surface area (Å²) in [5.74, 6) is 0. The second-order valence-electron chi connectivity index (χ2n) is 10.8. The monoisotopic (exact) mass is 650 g/mol. The SMILES string of the molecule is C[C](C)=[Zr+2].C[N-]C.C[N-]C.c1ccc2c(c1)c1ccccc1c1[cH-]ccc21.c1ccc2c(c1)c1ccccc1c1[cH-]ccc21. The van der Waals surface area contributed by atoms with Crippen LogP contribution in [0.1, 0.15) is 13.8 Å². The van der Waals surface area contributed by atoms with E-state index >= 15 is 0 Å². The van der Waals surface area contributed by atoms with E-state index in [0.29, 0.717) is 0 Å². The molecule has 8 rings (SSSR count). The Hall–Kier alpha value is -3.75. The van der Waals surface area contributed by atoms with E-state index in [0.717, 1.165) is 0 Å². The van der Waals surface area contributed by atoms with Crippen molar-refractivity contribution in [3.8, 4) is 0 Å². The van der Waals surface area contributed by atoms with Crippen LogP contribution in [0.3, 0.4) is 0 Å². The van der Waals surface area contributed by atoms with Crippen molar-refractivity contribution >= 4 is 67.8 Å². The van der Waals surface area contributed by atoms with Crippen LogP contribution < -0.4 is 0 Å². The van der Waals surface area contributed by atoms with Gasteiger partial charge >= 0.3 is 41.3 Å². The third-order valence-electron chi connectivity index (χ3n) is 7.08. The third kappa shape index (κ3) is 7.48. The Balaban J connectivity index is 0.000000155. The Labute approximate surface area is 276 Å². The standard InChI is InChI=1S/2C17H11.C3H6.2C2H6N.Zr/c2*1-3-8-14-12(6-1)13-7-2-4-9-15(13)17-11-5-10-16(14)17;3*1-3-2;/h2*1-11H;3*1-2H3;/q2*-1;;2*-1;+2. The Kier molecular flexibility index (Phi) is 12.3. The molecule has 2 nitrogen and oxygen atoms in total. The van der Waals surface area contributed by atoms with Crippen LogP contribution in [0.4, 0.5) is 0 Å². The Morgan fingerprint density at radius 3 is 0.841 bits per heavy atom. The maximum Gasteiger partial charge on any atom is -0.0293 e. The fraction of sp³-hybridized carbons (Fsp3) is 0.146. The molecule has 0 atom stereocenters. The van der Waals surface area contributed by atoms with Crippen LogP contribution >= 0.6 is 0 Å². The summed E-state index contributed by atoms with van der Waals surface area (Å²) in [6, 6.07) is 47.8. The average Bonchev–Trinajstić information content (AvgIpc) is 3.74. The molecular weight excluding hydrogens is 612 g/mol. The molecule has 0 N–H and O–H groups in total. The van der Waals surface area contributed by atoms with Crippen molar-refractivity contribution in [2.24, 2.45) is 0 Å². The van der Waals surface area contributed by atoms with Crippen molar-refractivity contribution in [2.75, 3.05) is 28.2 Å². The summed E-state index contributed by atoms with van der Waals surface area (Å²) in [7, 11) is 7.00. The molecule has 0 aliphatic carbocycles. The van der Waals surface area contributed by atoms with Gasteiger partial charge in [0.05, 0.1) is 0 Å². The van der Waals surface area contributed by atoms with E-state index in [-0.39, 0.29) is 0 Å². The summed E-state index contributed by atoms with van der Waals surface area (Å²) < 4.78 is 1.51. The minimum Gasteiger partial charge on any atom is -0.668 e.